The third kappa shape index (κ3) is 5.17. The lowest BCUT2D eigenvalue weighted by atomic mass is 10.2. The maximum Gasteiger partial charge on any atom is 0.228 e. The van der Waals surface area contributed by atoms with Crippen LogP contribution in [-0.2, 0) is 6.42 Å². The van der Waals surface area contributed by atoms with Crippen LogP contribution in [0.1, 0.15) is 24.6 Å². The summed E-state index contributed by atoms with van der Waals surface area (Å²) in [5.74, 6) is 2.14. The van der Waals surface area contributed by atoms with E-state index in [0.717, 1.165) is 25.3 Å². The first-order valence-corrected chi connectivity index (χ1v) is 6.19. The lowest BCUT2D eigenvalue weighted by Crippen LogP contribution is -2.43. The van der Waals surface area contributed by atoms with E-state index in [9.17, 15) is 0 Å². The molecule has 1 aliphatic carbocycles. The SMILES string of the molecule is CN=C(NCCc1nc(C)no1)NC1CC=CC1.I. The molecular weight excluding hydrogens is 357 g/mol. The molecule has 0 saturated heterocycles. The van der Waals surface area contributed by atoms with E-state index < -0.39 is 0 Å². The first kappa shape index (κ1) is 15.9. The maximum absolute atomic E-state index is 5.04. The minimum Gasteiger partial charge on any atom is -0.356 e. The molecule has 6 nitrogen and oxygen atoms in total. The molecule has 0 atom stereocenters. The molecule has 1 aromatic rings. The summed E-state index contributed by atoms with van der Waals surface area (Å²) < 4.78 is 5.04. The van der Waals surface area contributed by atoms with Crippen LogP contribution in [-0.4, -0.2) is 35.7 Å². The normalized spacial score (nSPS) is 15.4. The Bertz CT molecular complexity index is 435. The topological polar surface area (TPSA) is 75.3 Å². The van der Waals surface area contributed by atoms with Crippen LogP contribution >= 0.6 is 24.0 Å². The minimum atomic E-state index is 0. The van der Waals surface area contributed by atoms with Crippen molar-refractivity contribution >= 4 is 29.9 Å². The van der Waals surface area contributed by atoms with Crippen LogP contribution in [0.3, 0.4) is 0 Å². The Hall–Kier alpha value is -1.12. The molecule has 7 heteroatoms. The highest BCUT2D eigenvalue weighted by Gasteiger charge is 2.11. The van der Waals surface area contributed by atoms with Gasteiger partial charge in [0.05, 0.1) is 0 Å². The van der Waals surface area contributed by atoms with E-state index in [-0.39, 0.29) is 24.0 Å². The fourth-order valence-electron chi connectivity index (χ4n) is 1.85. The van der Waals surface area contributed by atoms with Crippen molar-refractivity contribution in [1.82, 2.24) is 20.8 Å². The van der Waals surface area contributed by atoms with Crippen LogP contribution in [0.2, 0.25) is 0 Å². The van der Waals surface area contributed by atoms with Gasteiger partial charge < -0.3 is 15.2 Å². The van der Waals surface area contributed by atoms with Gasteiger partial charge in [0.2, 0.25) is 5.89 Å². The van der Waals surface area contributed by atoms with Gasteiger partial charge >= 0.3 is 0 Å². The number of aliphatic imine (C=N–C) groups is 1. The minimum absolute atomic E-state index is 0. The van der Waals surface area contributed by atoms with Crippen LogP contribution in [0.15, 0.2) is 21.7 Å². The maximum atomic E-state index is 5.04. The Morgan fingerprint density at radius 2 is 2.21 bits per heavy atom. The lowest BCUT2D eigenvalue weighted by molar-refractivity contribution is 0.374. The van der Waals surface area contributed by atoms with Gasteiger partial charge in [0.25, 0.3) is 0 Å². The number of nitrogens with one attached hydrogen (secondary N) is 2. The van der Waals surface area contributed by atoms with Crippen molar-refractivity contribution in [1.29, 1.82) is 0 Å². The van der Waals surface area contributed by atoms with Crippen LogP contribution in [0.5, 0.6) is 0 Å². The second kappa shape index (κ2) is 8.13. The van der Waals surface area contributed by atoms with Crippen molar-refractivity contribution in [3.8, 4) is 0 Å². The molecule has 106 valence electrons. The molecule has 0 bridgehead atoms. The number of guanidine groups is 1. The van der Waals surface area contributed by atoms with Gasteiger partial charge in [-0.15, -0.1) is 24.0 Å². The third-order valence-electron chi connectivity index (χ3n) is 2.77. The Morgan fingerprint density at radius 1 is 1.47 bits per heavy atom. The second-order valence-electron chi connectivity index (χ2n) is 4.27. The zero-order valence-corrected chi connectivity index (χ0v) is 13.5. The number of hydrogen-bond acceptors (Lipinski definition) is 4. The molecule has 0 aliphatic heterocycles. The molecule has 0 aromatic carbocycles. The summed E-state index contributed by atoms with van der Waals surface area (Å²) in [6.45, 7) is 2.54. The predicted octanol–water partition coefficient (Wildman–Crippen LogP) is 1.42. The smallest absolute Gasteiger partial charge is 0.228 e. The van der Waals surface area contributed by atoms with Crippen molar-refractivity contribution in [2.24, 2.45) is 4.99 Å². The van der Waals surface area contributed by atoms with Gasteiger partial charge in [-0.05, 0) is 19.8 Å². The summed E-state index contributed by atoms with van der Waals surface area (Å²) in [5, 5.41) is 10.4. The second-order valence-corrected chi connectivity index (χ2v) is 4.27. The largest absolute Gasteiger partial charge is 0.356 e. The summed E-state index contributed by atoms with van der Waals surface area (Å²) in [6, 6.07) is 0.460. The average molecular weight is 377 g/mol. The van der Waals surface area contributed by atoms with E-state index >= 15 is 0 Å². The zero-order chi connectivity index (χ0) is 12.8. The first-order chi connectivity index (χ1) is 8.78. The van der Waals surface area contributed by atoms with Crippen LogP contribution in [0.25, 0.3) is 0 Å². The van der Waals surface area contributed by atoms with E-state index in [1.54, 1.807) is 7.05 Å². The standard InChI is InChI=1S/C12H19N5O.HI/c1-9-15-11(18-17-9)7-8-14-12(13-2)16-10-5-3-4-6-10;/h3-4,10H,5-8H2,1-2H3,(H2,13,14,16);1H. The summed E-state index contributed by atoms with van der Waals surface area (Å²) in [7, 11) is 1.77. The van der Waals surface area contributed by atoms with E-state index in [1.165, 1.54) is 0 Å². The van der Waals surface area contributed by atoms with E-state index in [0.29, 0.717) is 24.2 Å². The van der Waals surface area contributed by atoms with Crippen LogP contribution in [0.4, 0.5) is 0 Å². The number of nitrogens with zero attached hydrogens (tertiary/aromatic N) is 3. The molecule has 0 spiro atoms. The Balaban J connectivity index is 0.00000180. The summed E-state index contributed by atoms with van der Waals surface area (Å²) in [5.41, 5.74) is 0. The molecule has 0 saturated carbocycles. The Morgan fingerprint density at radius 3 is 2.79 bits per heavy atom. The van der Waals surface area contributed by atoms with Crippen molar-refractivity contribution in [3.63, 3.8) is 0 Å². The molecular formula is C12H20IN5O. The van der Waals surface area contributed by atoms with Crippen molar-refractivity contribution in [2.75, 3.05) is 13.6 Å². The number of rotatable bonds is 4. The molecule has 0 amide bonds. The molecule has 0 fully saturated rings. The van der Waals surface area contributed by atoms with Gasteiger partial charge in [0.1, 0.15) is 0 Å². The summed E-state index contributed by atoms with van der Waals surface area (Å²) in [4.78, 5) is 8.34. The fraction of sp³-hybridized carbons (Fsp3) is 0.583. The lowest BCUT2D eigenvalue weighted by Gasteiger charge is -2.16. The Labute approximate surface area is 130 Å². The number of halogens is 1. The molecule has 1 aromatic heterocycles. The van der Waals surface area contributed by atoms with Crippen LogP contribution < -0.4 is 10.6 Å². The van der Waals surface area contributed by atoms with Gasteiger partial charge in [-0.2, -0.15) is 4.98 Å². The van der Waals surface area contributed by atoms with E-state index in [1.807, 2.05) is 6.92 Å². The fourth-order valence-corrected chi connectivity index (χ4v) is 1.85. The van der Waals surface area contributed by atoms with Crippen molar-refractivity contribution < 1.29 is 4.52 Å². The van der Waals surface area contributed by atoms with Crippen molar-refractivity contribution in [3.05, 3.63) is 23.9 Å². The summed E-state index contributed by atoms with van der Waals surface area (Å²) >= 11 is 0. The van der Waals surface area contributed by atoms with E-state index in [2.05, 4.69) is 37.9 Å². The van der Waals surface area contributed by atoms with Crippen LogP contribution in [0, 0.1) is 6.92 Å². The van der Waals surface area contributed by atoms with Gasteiger partial charge in [0.15, 0.2) is 11.8 Å². The number of aryl methyl sites for hydroxylation is 1. The van der Waals surface area contributed by atoms with E-state index in [4.69, 9.17) is 4.52 Å². The molecule has 1 aliphatic rings. The monoisotopic (exact) mass is 377 g/mol. The quantitative estimate of drug-likeness (QED) is 0.359. The molecule has 0 unspecified atom stereocenters. The zero-order valence-electron chi connectivity index (χ0n) is 11.2. The third-order valence-corrected chi connectivity index (χ3v) is 2.77. The predicted molar refractivity (Wildman–Crippen MR) is 84.8 cm³/mol. The highest BCUT2D eigenvalue weighted by atomic mass is 127. The Kier molecular flexibility index (Phi) is 6.82. The number of hydrogen-bond donors (Lipinski definition) is 2. The molecule has 2 N–H and O–H groups in total. The van der Waals surface area contributed by atoms with Gasteiger partial charge in [-0.3, -0.25) is 4.99 Å². The number of aromatic nitrogens is 2. The highest BCUT2D eigenvalue weighted by Crippen LogP contribution is 2.08. The molecule has 2 rings (SSSR count). The highest BCUT2D eigenvalue weighted by molar-refractivity contribution is 14.0. The average Bonchev–Trinajstić information content (AvgIpc) is 3.00. The van der Waals surface area contributed by atoms with Gasteiger partial charge in [-0.25, -0.2) is 0 Å². The first-order valence-electron chi connectivity index (χ1n) is 6.19. The van der Waals surface area contributed by atoms with Gasteiger partial charge in [-0.1, -0.05) is 17.3 Å². The van der Waals surface area contributed by atoms with Gasteiger partial charge in [0, 0.05) is 26.1 Å². The molecule has 0 radical (unpaired) electrons. The molecule has 1 heterocycles. The van der Waals surface area contributed by atoms with Crippen molar-refractivity contribution in [2.45, 2.75) is 32.2 Å². The molecule has 19 heavy (non-hydrogen) atoms. The summed E-state index contributed by atoms with van der Waals surface area (Å²) in [6.07, 6.45) is 7.19.